The van der Waals surface area contributed by atoms with E-state index in [1.807, 2.05) is 0 Å². The third-order valence-electron chi connectivity index (χ3n) is 2.70. The van der Waals surface area contributed by atoms with Gasteiger partial charge in [0.2, 0.25) is 0 Å². The highest BCUT2D eigenvalue weighted by Gasteiger charge is 2.13. The first kappa shape index (κ1) is 16.1. The van der Waals surface area contributed by atoms with Crippen LogP contribution < -0.4 is 10.6 Å². The number of guanidine groups is 1. The standard InChI is InChI=1S/C12H14F3N3.HI/c13-9-3-2-8(10(14)11(9)15)4-7-18-12-16-5-1-6-17-12;/h2-3H,1,4-7H2,(H2,16,17,18);1H. The Morgan fingerprint density at radius 2 is 2.00 bits per heavy atom. The molecule has 0 unspecified atom stereocenters. The molecule has 0 aromatic heterocycles. The number of rotatable bonds is 3. The van der Waals surface area contributed by atoms with Gasteiger partial charge in [0.25, 0.3) is 0 Å². The van der Waals surface area contributed by atoms with Crippen molar-refractivity contribution in [3.8, 4) is 0 Å². The minimum atomic E-state index is -1.42. The molecule has 0 saturated heterocycles. The van der Waals surface area contributed by atoms with Crippen LogP contribution in [0.1, 0.15) is 12.0 Å². The maximum Gasteiger partial charge on any atom is 0.194 e. The summed E-state index contributed by atoms with van der Waals surface area (Å²) < 4.78 is 39.0. The van der Waals surface area contributed by atoms with Gasteiger partial charge in [-0.05, 0) is 24.5 Å². The van der Waals surface area contributed by atoms with E-state index in [1.165, 1.54) is 6.07 Å². The van der Waals surface area contributed by atoms with E-state index in [2.05, 4.69) is 15.6 Å². The van der Waals surface area contributed by atoms with Crippen molar-refractivity contribution < 1.29 is 13.2 Å². The van der Waals surface area contributed by atoms with E-state index >= 15 is 0 Å². The molecule has 19 heavy (non-hydrogen) atoms. The topological polar surface area (TPSA) is 36.4 Å². The van der Waals surface area contributed by atoms with E-state index in [-0.39, 0.29) is 36.0 Å². The summed E-state index contributed by atoms with van der Waals surface area (Å²) in [6, 6.07) is 2.19. The second kappa shape index (κ2) is 7.56. The first-order chi connectivity index (χ1) is 8.68. The summed E-state index contributed by atoms with van der Waals surface area (Å²) in [7, 11) is 0. The van der Waals surface area contributed by atoms with Gasteiger partial charge in [-0.3, -0.25) is 4.99 Å². The Bertz CT molecular complexity index is 466. The predicted octanol–water partition coefficient (Wildman–Crippen LogP) is 2.20. The number of hydrogen-bond acceptors (Lipinski definition) is 3. The average molecular weight is 385 g/mol. The van der Waals surface area contributed by atoms with E-state index in [4.69, 9.17) is 0 Å². The molecule has 1 aromatic carbocycles. The maximum absolute atomic E-state index is 13.3. The van der Waals surface area contributed by atoms with Gasteiger partial charge in [0, 0.05) is 19.6 Å². The lowest BCUT2D eigenvalue weighted by atomic mass is 10.1. The number of benzene rings is 1. The molecular weight excluding hydrogens is 370 g/mol. The molecule has 0 bridgehead atoms. The molecule has 1 aromatic rings. The van der Waals surface area contributed by atoms with Crippen LogP contribution in [0.5, 0.6) is 0 Å². The van der Waals surface area contributed by atoms with Crippen LogP contribution in [0.2, 0.25) is 0 Å². The van der Waals surface area contributed by atoms with Crippen molar-refractivity contribution in [1.82, 2.24) is 10.6 Å². The van der Waals surface area contributed by atoms with Gasteiger partial charge in [-0.25, -0.2) is 13.2 Å². The summed E-state index contributed by atoms with van der Waals surface area (Å²) in [6.45, 7) is 2.02. The molecular formula is C12H15F3IN3. The lowest BCUT2D eigenvalue weighted by Crippen LogP contribution is -2.41. The van der Waals surface area contributed by atoms with Crippen LogP contribution in [0.25, 0.3) is 0 Å². The summed E-state index contributed by atoms with van der Waals surface area (Å²) in [5, 5.41) is 6.04. The number of hydrogen-bond donors (Lipinski definition) is 2. The molecule has 0 saturated carbocycles. The monoisotopic (exact) mass is 385 g/mol. The van der Waals surface area contributed by atoms with Gasteiger partial charge >= 0.3 is 0 Å². The van der Waals surface area contributed by atoms with Crippen LogP contribution in [0.3, 0.4) is 0 Å². The molecule has 0 spiro atoms. The van der Waals surface area contributed by atoms with Gasteiger partial charge in [-0.1, -0.05) is 6.07 Å². The van der Waals surface area contributed by atoms with Crippen LogP contribution in [0.4, 0.5) is 13.2 Å². The maximum atomic E-state index is 13.3. The molecule has 3 nitrogen and oxygen atoms in total. The molecule has 1 heterocycles. The van der Waals surface area contributed by atoms with Crippen molar-refractivity contribution in [2.45, 2.75) is 12.8 Å². The molecule has 1 aliphatic rings. The highest BCUT2D eigenvalue weighted by molar-refractivity contribution is 14.0. The van der Waals surface area contributed by atoms with Crippen LogP contribution in [-0.2, 0) is 6.42 Å². The van der Waals surface area contributed by atoms with Gasteiger partial charge in [0.05, 0.1) is 0 Å². The molecule has 2 N–H and O–H groups in total. The summed E-state index contributed by atoms with van der Waals surface area (Å²) in [6.07, 6.45) is 1.26. The minimum Gasteiger partial charge on any atom is -0.356 e. The molecule has 2 rings (SSSR count). The quantitative estimate of drug-likeness (QED) is 0.619. The van der Waals surface area contributed by atoms with Crippen molar-refractivity contribution in [2.75, 3.05) is 19.6 Å². The molecule has 0 radical (unpaired) electrons. The second-order valence-electron chi connectivity index (χ2n) is 4.02. The van der Waals surface area contributed by atoms with E-state index in [0.29, 0.717) is 12.5 Å². The summed E-state index contributed by atoms with van der Waals surface area (Å²) in [5.74, 6) is -3.03. The normalized spacial score (nSPS) is 14.2. The lowest BCUT2D eigenvalue weighted by Gasteiger charge is -2.16. The number of aliphatic imine (C=N–C) groups is 1. The Hall–Kier alpha value is -0.990. The van der Waals surface area contributed by atoms with E-state index in [1.54, 1.807) is 0 Å². The minimum absolute atomic E-state index is 0. The Morgan fingerprint density at radius 1 is 1.21 bits per heavy atom. The Morgan fingerprint density at radius 3 is 2.68 bits per heavy atom. The van der Waals surface area contributed by atoms with Gasteiger partial charge in [0.1, 0.15) is 0 Å². The first-order valence-corrected chi connectivity index (χ1v) is 5.83. The van der Waals surface area contributed by atoms with Gasteiger partial charge in [-0.15, -0.1) is 24.0 Å². The first-order valence-electron chi connectivity index (χ1n) is 5.83. The zero-order valence-electron chi connectivity index (χ0n) is 10.2. The Kier molecular flexibility index (Phi) is 6.40. The molecule has 106 valence electrons. The molecule has 1 aliphatic heterocycles. The summed E-state index contributed by atoms with van der Waals surface area (Å²) in [5.41, 5.74) is 0.151. The van der Waals surface area contributed by atoms with Crippen molar-refractivity contribution in [1.29, 1.82) is 0 Å². The van der Waals surface area contributed by atoms with E-state index < -0.39 is 17.5 Å². The second-order valence-corrected chi connectivity index (χ2v) is 4.02. The average Bonchev–Trinajstić information content (AvgIpc) is 2.40. The molecule has 0 amide bonds. The summed E-state index contributed by atoms with van der Waals surface area (Å²) in [4.78, 5) is 4.18. The number of nitrogens with one attached hydrogen (secondary N) is 2. The zero-order valence-corrected chi connectivity index (χ0v) is 12.5. The van der Waals surface area contributed by atoms with Crippen LogP contribution in [0, 0.1) is 17.5 Å². The van der Waals surface area contributed by atoms with Crippen molar-refractivity contribution in [3.05, 3.63) is 35.1 Å². The smallest absolute Gasteiger partial charge is 0.194 e. The summed E-state index contributed by atoms with van der Waals surface area (Å²) >= 11 is 0. The van der Waals surface area contributed by atoms with Gasteiger partial charge in [-0.2, -0.15) is 0 Å². The van der Waals surface area contributed by atoms with Crippen LogP contribution in [-0.4, -0.2) is 25.6 Å². The fraction of sp³-hybridized carbons (Fsp3) is 0.417. The number of nitrogens with zero attached hydrogens (tertiary/aromatic N) is 1. The van der Waals surface area contributed by atoms with E-state index in [9.17, 15) is 13.2 Å². The third kappa shape index (κ3) is 4.26. The highest BCUT2D eigenvalue weighted by Crippen LogP contribution is 2.15. The van der Waals surface area contributed by atoms with Gasteiger partial charge in [0.15, 0.2) is 23.4 Å². The molecule has 7 heteroatoms. The third-order valence-corrected chi connectivity index (χ3v) is 2.70. The lowest BCUT2D eigenvalue weighted by molar-refractivity contribution is 0.440. The Balaban J connectivity index is 0.00000180. The SMILES string of the molecule is Fc1ccc(CCNC2=NCCCN2)c(F)c1F.I. The fourth-order valence-corrected chi connectivity index (χ4v) is 1.73. The van der Waals surface area contributed by atoms with Crippen molar-refractivity contribution in [2.24, 2.45) is 4.99 Å². The predicted molar refractivity (Wildman–Crippen MR) is 78.4 cm³/mol. The van der Waals surface area contributed by atoms with Crippen LogP contribution >= 0.6 is 24.0 Å². The van der Waals surface area contributed by atoms with E-state index in [0.717, 1.165) is 25.6 Å². The van der Waals surface area contributed by atoms with Crippen LogP contribution in [0.15, 0.2) is 17.1 Å². The van der Waals surface area contributed by atoms with Crippen molar-refractivity contribution in [3.63, 3.8) is 0 Å². The van der Waals surface area contributed by atoms with Crippen molar-refractivity contribution >= 4 is 29.9 Å². The molecule has 0 aliphatic carbocycles. The Labute approximate surface area is 126 Å². The number of halogens is 4. The highest BCUT2D eigenvalue weighted by atomic mass is 127. The zero-order chi connectivity index (χ0) is 13.0. The van der Waals surface area contributed by atoms with Gasteiger partial charge < -0.3 is 10.6 Å². The molecule has 0 fully saturated rings. The molecule has 0 atom stereocenters. The largest absolute Gasteiger partial charge is 0.356 e. The fourth-order valence-electron chi connectivity index (χ4n) is 1.73.